The minimum Gasteiger partial charge on any atom is -0.462 e. The number of hydrogen-bond acceptors (Lipinski definition) is 6. The number of H-pyrrole nitrogens is 1. The van der Waals surface area contributed by atoms with Crippen LogP contribution in [0.15, 0.2) is 48.5 Å². The summed E-state index contributed by atoms with van der Waals surface area (Å²) in [4.78, 5) is 49.3. The van der Waals surface area contributed by atoms with E-state index in [2.05, 4.69) is 9.88 Å². The summed E-state index contributed by atoms with van der Waals surface area (Å²) in [5.41, 5.74) is 2.88. The van der Waals surface area contributed by atoms with Crippen molar-refractivity contribution in [1.82, 2.24) is 14.9 Å². The molecule has 5 rings (SSSR count). The second-order valence-corrected chi connectivity index (χ2v) is 8.50. The van der Waals surface area contributed by atoms with E-state index in [9.17, 15) is 14.4 Å². The zero-order valence-corrected chi connectivity index (χ0v) is 18.5. The molecule has 3 heterocycles. The van der Waals surface area contributed by atoms with Crippen LogP contribution in [0.25, 0.3) is 11.0 Å². The summed E-state index contributed by atoms with van der Waals surface area (Å²) < 4.78 is 4.99. The number of likely N-dealkylation sites (tertiary alicyclic amines) is 1. The fraction of sp³-hybridized carbons (Fsp3) is 0.360. The van der Waals surface area contributed by atoms with Crippen LogP contribution < -0.4 is 4.90 Å². The van der Waals surface area contributed by atoms with Crippen molar-refractivity contribution in [2.75, 3.05) is 24.6 Å². The van der Waals surface area contributed by atoms with Gasteiger partial charge in [0.15, 0.2) is 0 Å². The first-order valence-corrected chi connectivity index (χ1v) is 11.4. The third kappa shape index (κ3) is 4.02. The van der Waals surface area contributed by atoms with E-state index in [-0.39, 0.29) is 18.2 Å². The smallest absolute Gasteiger partial charge is 0.338 e. The number of amides is 2. The van der Waals surface area contributed by atoms with Crippen LogP contribution in [-0.4, -0.2) is 58.4 Å². The van der Waals surface area contributed by atoms with Crippen LogP contribution in [0.2, 0.25) is 0 Å². The molecular formula is C25H26N4O4. The molecule has 1 aromatic heterocycles. The lowest BCUT2D eigenvalue weighted by Crippen LogP contribution is -2.45. The summed E-state index contributed by atoms with van der Waals surface area (Å²) in [6, 6.07) is 14.0. The van der Waals surface area contributed by atoms with Crippen molar-refractivity contribution in [3.05, 3.63) is 59.9 Å². The highest BCUT2D eigenvalue weighted by atomic mass is 16.5. The maximum absolute atomic E-state index is 13.2. The number of nitrogens with one attached hydrogen (secondary N) is 1. The molecule has 1 atom stereocenters. The molecule has 2 saturated heterocycles. The molecule has 2 aliphatic rings. The highest BCUT2D eigenvalue weighted by Crippen LogP contribution is 2.32. The largest absolute Gasteiger partial charge is 0.462 e. The number of aromatic nitrogens is 2. The zero-order valence-electron chi connectivity index (χ0n) is 18.5. The molecule has 0 unspecified atom stereocenters. The molecule has 8 heteroatoms. The van der Waals surface area contributed by atoms with Gasteiger partial charge in [0.05, 0.1) is 41.4 Å². The minimum atomic E-state index is -0.446. The van der Waals surface area contributed by atoms with E-state index >= 15 is 0 Å². The van der Waals surface area contributed by atoms with E-state index in [1.165, 1.54) is 4.90 Å². The second kappa shape index (κ2) is 8.78. The topological polar surface area (TPSA) is 95.6 Å². The predicted molar refractivity (Wildman–Crippen MR) is 123 cm³/mol. The average Bonchev–Trinajstić information content (AvgIpc) is 3.40. The van der Waals surface area contributed by atoms with Gasteiger partial charge in [-0.3, -0.25) is 14.5 Å². The predicted octanol–water partition coefficient (Wildman–Crippen LogP) is 3.25. The fourth-order valence-electron chi connectivity index (χ4n) is 4.78. The van der Waals surface area contributed by atoms with E-state index in [1.807, 2.05) is 24.3 Å². The van der Waals surface area contributed by atoms with Crippen LogP contribution in [0.4, 0.5) is 5.69 Å². The standard InChI is InChI=1S/C25H26N4O4/c1-2-33-25(32)17-7-9-18(10-8-17)29-22(30)15-21(24(29)31)28-13-11-16(12-14-28)23-26-19-5-3-4-6-20(19)27-23/h3-10,16,21H,2,11-15H2,1H3,(H,26,27)/t21-/m1/s1. The molecule has 0 spiro atoms. The quantitative estimate of drug-likeness (QED) is 0.478. The number of benzene rings is 2. The van der Waals surface area contributed by atoms with Gasteiger partial charge in [-0.15, -0.1) is 0 Å². The number of para-hydroxylation sites is 2. The number of carbonyl (C=O) groups excluding carboxylic acids is 3. The highest BCUT2D eigenvalue weighted by molar-refractivity contribution is 6.22. The first-order chi connectivity index (χ1) is 16.0. The van der Waals surface area contributed by atoms with Crippen molar-refractivity contribution in [1.29, 1.82) is 0 Å². The van der Waals surface area contributed by atoms with E-state index in [0.29, 0.717) is 23.8 Å². The number of carbonyl (C=O) groups is 3. The third-order valence-corrected chi connectivity index (χ3v) is 6.52. The van der Waals surface area contributed by atoms with Crippen LogP contribution in [0.1, 0.15) is 48.3 Å². The first kappa shape index (κ1) is 21.3. The van der Waals surface area contributed by atoms with Gasteiger partial charge in [-0.1, -0.05) is 12.1 Å². The molecule has 0 radical (unpaired) electrons. The summed E-state index contributed by atoms with van der Waals surface area (Å²) in [5, 5.41) is 0. The van der Waals surface area contributed by atoms with Crippen molar-refractivity contribution >= 4 is 34.5 Å². The number of imidazole rings is 1. The van der Waals surface area contributed by atoms with Crippen LogP contribution >= 0.6 is 0 Å². The molecule has 2 amide bonds. The third-order valence-electron chi connectivity index (χ3n) is 6.52. The minimum absolute atomic E-state index is 0.174. The van der Waals surface area contributed by atoms with Crippen molar-refractivity contribution in [2.24, 2.45) is 0 Å². The number of fused-ring (bicyclic) bond motifs is 1. The van der Waals surface area contributed by atoms with Crippen molar-refractivity contribution in [3.8, 4) is 0 Å². The molecule has 1 N–H and O–H groups in total. The van der Waals surface area contributed by atoms with Crippen LogP contribution in [0.5, 0.6) is 0 Å². The van der Waals surface area contributed by atoms with E-state index in [0.717, 1.165) is 42.8 Å². The van der Waals surface area contributed by atoms with Gasteiger partial charge in [0.1, 0.15) is 5.82 Å². The molecule has 0 aliphatic carbocycles. The lowest BCUT2D eigenvalue weighted by atomic mass is 9.95. The Labute approximate surface area is 191 Å². The number of imide groups is 1. The van der Waals surface area contributed by atoms with Crippen molar-refractivity contribution in [3.63, 3.8) is 0 Å². The second-order valence-electron chi connectivity index (χ2n) is 8.50. The van der Waals surface area contributed by atoms with Crippen molar-refractivity contribution < 1.29 is 19.1 Å². The summed E-state index contributed by atoms with van der Waals surface area (Å²) in [7, 11) is 0. The molecule has 3 aromatic rings. The van der Waals surface area contributed by atoms with Crippen LogP contribution in [0.3, 0.4) is 0 Å². The van der Waals surface area contributed by atoms with E-state index < -0.39 is 12.0 Å². The molecule has 33 heavy (non-hydrogen) atoms. The van der Waals surface area contributed by atoms with Gasteiger partial charge in [-0.25, -0.2) is 14.7 Å². The maximum Gasteiger partial charge on any atom is 0.338 e. The highest BCUT2D eigenvalue weighted by Gasteiger charge is 2.43. The molecule has 2 aromatic carbocycles. The molecule has 0 saturated carbocycles. The van der Waals surface area contributed by atoms with Gasteiger partial charge in [0.25, 0.3) is 5.91 Å². The van der Waals surface area contributed by atoms with Gasteiger partial charge in [0, 0.05) is 5.92 Å². The number of aromatic amines is 1. The molecule has 170 valence electrons. The van der Waals surface area contributed by atoms with Gasteiger partial charge in [0.2, 0.25) is 5.91 Å². The van der Waals surface area contributed by atoms with Crippen molar-refractivity contribution in [2.45, 2.75) is 38.1 Å². The number of esters is 1. The van der Waals surface area contributed by atoms with E-state index in [4.69, 9.17) is 9.72 Å². The molecular weight excluding hydrogens is 420 g/mol. The Balaban J connectivity index is 1.24. The maximum atomic E-state index is 13.2. The Morgan fingerprint density at radius 3 is 2.52 bits per heavy atom. The molecule has 2 aliphatic heterocycles. The number of ether oxygens (including phenoxy) is 1. The van der Waals surface area contributed by atoms with Crippen LogP contribution in [-0.2, 0) is 14.3 Å². The SMILES string of the molecule is CCOC(=O)c1ccc(N2C(=O)C[C@@H](N3CCC(c4nc5ccccc5[nH]4)CC3)C2=O)cc1. The van der Waals surface area contributed by atoms with Gasteiger partial charge < -0.3 is 9.72 Å². The van der Waals surface area contributed by atoms with Gasteiger partial charge in [-0.05, 0) is 69.3 Å². The Bertz CT molecular complexity index is 1160. The molecule has 2 fully saturated rings. The Kier molecular flexibility index (Phi) is 5.68. The first-order valence-electron chi connectivity index (χ1n) is 11.4. The summed E-state index contributed by atoms with van der Waals surface area (Å²) >= 11 is 0. The van der Waals surface area contributed by atoms with E-state index in [1.54, 1.807) is 31.2 Å². The monoisotopic (exact) mass is 446 g/mol. The lowest BCUT2D eigenvalue weighted by molar-refractivity contribution is -0.123. The Hall–Kier alpha value is -3.52. The lowest BCUT2D eigenvalue weighted by Gasteiger charge is -2.34. The summed E-state index contributed by atoms with van der Waals surface area (Å²) in [6.07, 6.45) is 1.94. The number of nitrogens with zero attached hydrogens (tertiary/aromatic N) is 3. The number of rotatable bonds is 5. The zero-order chi connectivity index (χ0) is 22.9. The molecule has 0 bridgehead atoms. The van der Waals surface area contributed by atoms with Gasteiger partial charge >= 0.3 is 5.97 Å². The molecule has 8 nitrogen and oxygen atoms in total. The number of piperidine rings is 1. The number of anilines is 1. The van der Waals surface area contributed by atoms with Crippen LogP contribution in [0, 0.1) is 0 Å². The summed E-state index contributed by atoms with van der Waals surface area (Å²) in [5.74, 6) is 0.466. The average molecular weight is 447 g/mol. The van der Waals surface area contributed by atoms with Gasteiger partial charge in [-0.2, -0.15) is 0 Å². The normalized spacial score (nSPS) is 20.0. The fourth-order valence-corrected chi connectivity index (χ4v) is 4.78. The number of hydrogen-bond donors (Lipinski definition) is 1. The Morgan fingerprint density at radius 1 is 1.09 bits per heavy atom. The summed E-state index contributed by atoms with van der Waals surface area (Å²) in [6.45, 7) is 3.51. The Morgan fingerprint density at radius 2 is 1.82 bits per heavy atom.